The highest BCUT2D eigenvalue weighted by atomic mass is 16.5. The molecule has 4 nitrogen and oxygen atoms in total. The molecule has 2 fully saturated rings. The van der Waals surface area contributed by atoms with Crippen molar-refractivity contribution in [1.82, 2.24) is 5.32 Å². The summed E-state index contributed by atoms with van der Waals surface area (Å²) in [7, 11) is 0. The van der Waals surface area contributed by atoms with Gasteiger partial charge in [0.15, 0.2) is 0 Å². The van der Waals surface area contributed by atoms with Crippen molar-refractivity contribution >= 4 is 5.91 Å². The third-order valence-electron chi connectivity index (χ3n) is 4.72. The van der Waals surface area contributed by atoms with Gasteiger partial charge in [-0.2, -0.15) is 0 Å². The molecule has 17 heavy (non-hydrogen) atoms. The fourth-order valence-corrected chi connectivity index (χ4v) is 2.97. The molecule has 2 unspecified atom stereocenters. The van der Waals surface area contributed by atoms with E-state index in [4.69, 9.17) is 10.5 Å². The van der Waals surface area contributed by atoms with E-state index in [0.717, 1.165) is 38.7 Å². The average Bonchev–Trinajstić information content (AvgIpc) is 2.88. The van der Waals surface area contributed by atoms with Crippen molar-refractivity contribution < 1.29 is 9.53 Å². The number of carbonyl (C=O) groups is 1. The fourth-order valence-electron chi connectivity index (χ4n) is 2.97. The number of rotatable bonds is 3. The van der Waals surface area contributed by atoms with Crippen LogP contribution in [0.1, 0.15) is 46.0 Å². The van der Waals surface area contributed by atoms with Gasteiger partial charge in [-0.15, -0.1) is 0 Å². The Morgan fingerprint density at radius 2 is 2.06 bits per heavy atom. The van der Waals surface area contributed by atoms with E-state index >= 15 is 0 Å². The van der Waals surface area contributed by atoms with Crippen LogP contribution in [0.25, 0.3) is 0 Å². The maximum absolute atomic E-state index is 12.5. The van der Waals surface area contributed by atoms with E-state index in [2.05, 4.69) is 12.2 Å². The van der Waals surface area contributed by atoms with Gasteiger partial charge in [0.2, 0.25) is 5.91 Å². The second kappa shape index (κ2) is 4.58. The van der Waals surface area contributed by atoms with Crippen LogP contribution in [-0.2, 0) is 9.53 Å². The molecule has 2 aliphatic rings. The summed E-state index contributed by atoms with van der Waals surface area (Å²) in [5.41, 5.74) is 5.30. The van der Waals surface area contributed by atoms with Gasteiger partial charge in [0.1, 0.15) is 0 Å². The summed E-state index contributed by atoms with van der Waals surface area (Å²) in [4.78, 5) is 12.5. The zero-order valence-electron chi connectivity index (χ0n) is 10.9. The van der Waals surface area contributed by atoms with Crippen LogP contribution in [0.2, 0.25) is 0 Å². The normalized spacial score (nSPS) is 36.1. The zero-order valence-corrected chi connectivity index (χ0v) is 10.9. The van der Waals surface area contributed by atoms with Crippen LogP contribution in [0.3, 0.4) is 0 Å². The Hall–Kier alpha value is -0.610. The van der Waals surface area contributed by atoms with Crippen molar-refractivity contribution in [2.45, 2.75) is 57.6 Å². The third-order valence-corrected chi connectivity index (χ3v) is 4.72. The first-order valence-electron chi connectivity index (χ1n) is 6.67. The molecule has 0 bridgehead atoms. The van der Waals surface area contributed by atoms with Crippen LogP contribution in [0.4, 0.5) is 0 Å². The molecule has 1 aliphatic heterocycles. The van der Waals surface area contributed by atoms with Crippen molar-refractivity contribution in [3.8, 4) is 0 Å². The molecule has 3 N–H and O–H groups in total. The van der Waals surface area contributed by atoms with Gasteiger partial charge in [-0.1, -0.05) is 12.8 Å². The van der Waals surface area contributed by atoms with Crippen LogP contribution in [-0.4, -0.2) is 30.7 Å². The van der Waals surface area contributed by atoms with E-state index in [1.807, 2.05) is 6.92 Å². The van der Waals surface area contributed by atoms with Crippen LogP contribution < -0.4 is 11.1 Å². The minimum Gasteiger partial charge on any atom is -0.376 e. The molecule has 0 aromatic heterocycles. The maximum atomic E-state index is 12.5. The Bertz CT molecular complexity index is 300. The maximum Gasteiger partial charge on any atom is 0.228 e. The molecule has 2 atom stereocenters. The predicted molar refractivity (Wildman–Crippen MR) is 66.5 cm³/mol. The van der Waals surface area contributed by atoms with Crippen molar-refractivity contribution in [2.75, 3.05) is 13.2 Å². The highest BCUT2D eigenvalue weighted by molar-refractivity contribution is 5.84. The lowest BCUT2D eigenvalue weighted by Crippen LogP contribution is -2.56. The van der Waals surface area contributed by atoms with Gasteiger partial charge >= 0.3 is 0 Å². The molecule has 98 valence electrons. The number of carbonyl (C=O) groups excluding carboxylic acids is 1. The molecule has 1 heterocycles. The van der Waals surface area contributed by atoms with E-state index in [1.165, 1.54) is 0 Å². The Labute approximate surface area is 103 Å². The average molecular weight is 240 g/mol. The number of ether oxygens (including phenoxy) is 1. The van der Waals surface area contributed by atoms with E-state index in [0.29, 0.717) is 6.54 Å². The molecule has 1 amide bonds. The predicted octanol–water partition coefficient (Wildman–Crippen LogP) is 1.19. The first-order valence-corrected chi connectivity index (χ1v) is 6.67. The highest BCUT2D eigenvalue weighted by Gasteiger charge is 2.45. The second-order valence-electron chi connectivity index (χ2n) is 5.83. The van der Waals surface area contributed by atoms with E-state index < -0.39 is 0 Å². The molecule has 1 aliphatic carbocycles. The van der Waals surface area contributed by atoms with Gasteiger partial charge in [0.05, 0.1) is 17.1 Å². The van der Waals surface area contributed by atoms with Crippen LogP contribution in [0.15, 0.2) is 0 Å². The topological polar surface area (TPSA) is 64.3 Å². The highest BCUT2D eigenvalue weighted by Crippen LogP contribution is 2.38. The van der Waals surface area contributed by atoms with Crippen molar-refractivity contribution in [3.63, 3.8) is 0 Å². The number of hydrogen-bond acceptors (Lipinski definition) is 3. The Balaban J connectivity index is 2.05. The van der Waals surface area contributed by atoms with E-state index in [-0.39, 0.29) is 23.0 Å². The Morgan fingerprint density at radius 1 is 1.41 bits per heavy atom. The largest absolute Gasteiger partial charge is 0.376 e. The van der Waals surface area contributed by atoms with Gasteiger partial charge < -0.3 is 15.8 Å². The van der Waals surface area contributed by atoms with Crippen LogP contribution in [0, 0.1) is 5.41 Å². The number of nitrogens with one attached hydrogen (secondary N) is 1. The van der Waals surface area contributed by atoms with Crippen molar-refractivity contribution in [1.29, 1.82) is 0 Å². The molecule has 0 radical (unpaired) electrons. The summed E-state index contributed by atoms with van der Waals surface area (Å²) < 4.78 is 5.55. The summed E-state index contributed by atoms with van der Waals surface area (Å²) in [6.45, 7) is 5.29. The van der Waals surface area contributed by atoms with Gasteiger partial charge in [-0.3, -0.25) is 4.79 Å². The SMILES string of the molecule is CC1OCCC1(C)NC(=O)C1(CN)CCCC1. The molecule has 1 saturated heterocycles. The fraction of sp³-hybridized carbons (Fsp3) is 0.923. The molecule has 4 heteroatoms. The quantitative estimate of drug-likeness (QED) is 0.779. The lowest BCUT2D eigenvalue weighted by molar-refractivity contribution is -0.132. The molecule has 2 rings (SSSR count). The summed E-state index contributed by atoms with van der Waals surface area (Å²) >= 11 is 0. The number of nitrogens with two attached hydrogens (primary N) is 1. The minimum atomic E-state index is -0.314. The van der Waals surface area contributed by atoms with Crippen LogP contribution in [0.5, 0.6) is 0 Å². The summed E-state index contributed by atoms with van der Waals surface area (Å²) in [5.74, 6) is 0.136. The first kappa shape index (κ1) is 12.8. The zero-order chi connectivity index (χ0) is 12.5. The molecule has 0 aromatic carbocycles. The van der Waals surface area contributed by atoms with Crippen molar-refractivity contribution in [3.05, 3.63) is 0 Å². The monoisotopic (exact) mass is 240 g/mol. The van der Waals surface area contributed by atoms with Crippen LogP contribution >= 0.6 is 0 Å². The van der Waals surface area contributed by atoms with Gasteiger partial charge in [-0.25, -0.2) is 0 Å². The van der Waals surface area contributed by atoms with E-state index in [9.17, 15) is 4.79 Å². The molecule has 0 aromatic rings. The standard InChI is InChI=1S/C13H24N2O2/c1-10-12(2,7-8-17-10)15-11(16)13(9-14)5-3-4-6-13/h10H,3-9,14H2,1-2H3,(H,15,16). The molecular weight excluding hydrogens is 216 g/mol. The summed E-state index contributed by atoms with van der Waals surface area (Å²) in [6.07, 6.45) is 5.07. The second-order valence-corrected chi connectivity index (χ2v) is 5.83. The number of hydrogen-bond donors (Lipinski definition) is 2. The van der Waals surface area contributed by atoms with E-state index in [1.54, 1.807) is 0 Å². The van der Waals surface area contributed by atoms with Gasteiger partial charge in [-0.05, 0) is 33.1 Å². The molecular formula is C13H24N2O2. The summed E-state index contributed by atoms with van der Waals surface area (Å²) in [5, 5.41) is 3.19. The molecule has 1 saturated carbocycles. The van der Waals surface area contributed by atoms with Crippen molar-refractivity contribution in [2.24, 2.45) is 11.1 Å². The lowest BCUT2D eigenvalue weighted by atomic mass is 9.83. The first-order chi connectivity index (χ1) is 8.02. The van der Waals surface area contributed by atoms with Gasteiger partial charge in [0, 0.05) is 13.2 Å². The Kier molecular flexibility index (Phi) is 3.46. The minimum absolute atomic E-state index is 0.0858. The number of amides is 1. The third kappa shape index (κ3) is 2.20. The Morgan fingerprint density at radius 3 is 2.53 bits per heavy atom. The van der Waals surface area contributed by atoms with Gasteiger partial charge in [0.25, 0.3) is 0 Å². The smallest absolute Gasteiger partial charge is 0.228 e. The molecule has 0 spiro atoms. The summed E-state index contributed by atoms with van der Waals surface area (Å²) in [6, 6.07) is 0. The lowest BCUT2D eigenvalue weighted by Gasteiger charge is -2.34.